The van der Waals surface area contributed by atoms with Crippen molar-refractivity contribution in [3.63, 3.8) is 0 Å². The van der Waals surface area contributed by atoms with E-state index >= 15 is 0 Å². The summed E-state index contributed by atoms with van der Waals surface area (Å²) in [6.45, 7) is 6.47. The highest BCUT2D eigenvalue weighted by molar-refractivity contribution is 6.57. The van der Waals surface area contributed by atoms with E-state index in [1.54, 1.807) is 6.08 Å². The summed E-state index contributed by atoms with van der Waals surface area (Å²) in [4.78, 5) is 30.3. The van der Waals surface area contributed by atoms with Crippen LogP contribution in [0.25, 0.3) is 33.0 Å². The lowest BCUT2D eigenvalue weighted by atomic mass is 9.68. The van der Waals surface area contributed by atoms with Crippen LogP contribution in [0, 0.1) is 20.8 Å². The molecule has 1 spiro atoms. The average molecular weight is 736 g/mol. The maximum Gasteiger partial charge on any atom is 0.199 e. The maximum atomic E-state index is 13.9. The molecule has 4 aliphatic rings. The van der Waals surface area contributed by atoms with Crippen LogP contribution in [0.2, 0.25) is 20.1 Å². The van der Waals surface area contributed by atoms with Gasteiger partial charge in [0.25, 0.3) is 0 Å². The number of Topliss-reactive ketones (excluding diaryl/α,β-unsaturated/α-hetero) is 2. The molecule has 248 valence electrons. The lowest BCUT2D eigenvalue weighted by molar-refractivity contribution is 0.0989. The summed E-state index contributed by atoms with van der Waals surface area (Å²) in [5.41, 5.74) is 12.9. The van der Waals surface area contributed by atoms with E-state index in [9.17, 15) is 9.59 Å². The first-order chi connectivity index (χ1) is 24.0. The highest BCUT2D eigenvalue weighted by Gasteiger charge is 2.50. The van der Waals surface area contributed by atoms with E-state index in [1.165, 1.54) is 49.8 Å². The quantitative estimate of drug-likeness (QED) is 0.0769. The number of carbonyl (C=O) groups excluding carboxylic acids is 2. The van der Waals surface area contributed by atoms with E-state index in [4.69, 9.17) is 46.4 Å². The van der Waals surface area contributed by atoms with Crippen LogP contribution in [0.3, 0.4) is 0 Å². The molecule has 0 N–H and O–H groups in total. The minimum Gasteiger partial charge on any atom is -0.312 e. The molecule has 0 saturated heterocycles. The van der Waals surface area contributed by atoms with Gasteiger partial charge in [-0.1, -0.05) is 126 Å². The molecule has 0 radical (unpaired) electrons. The molecule has 9 rings (SSSR count). The lowest BCUT2D eigenvalue weighted by Gasteiger charge is -2.37. The van der Waals surface area contributed by atoms with Gasteiger partial charge in [-0.05, 0) is 96.2 Å². The second-order valence-corrected chi connectivity index (χ2v) is 15.6. The third-order valence-electron chi connectivity index (χ3n) is 11.3. The van der Waals surface area contributed by atoms with Crippen molar-refractivity contribution in [2.24, 2.45) is 0 Å². The number of nitrogens with zero attached hydrogens (tertiary/aromatic N) is 1. The number of aryl methyl sites for hydroxylation is 3. The van der Waals surface area contributed by atoms with Crippen LogP contribution in [0.15, 0.2) is 84.1 Å². The topological polar surface area (TPSA) is 37.4 Å². The Hall–Kier alpha value is -3.86. The van der Waals surface area contributed by atoms with Crippen LogP contribution < -0.4 is 4.90 Å². The third-order valence-corrected chi connectivity index (χ3v) is 13.1. The second kappa shape index (κ2) is 11.3. The molecule has 7 heteroatoms. The molecule has 1 heterocycles. The Balaban J connectivity index is 1.36. The summed E-state index contributed by atoms with van der Waals surface area (Å²) >= 11 is 25.7. The molecule has 0 unspecified atom stereocenters. The number of hydrogen-bond acceptors (Lipinski definition) is 3. The summed E-state index contributed by atoms with van der Waals surface area (Å²) in [5.74, 6) is -1.00. The van der Waals surface area contributed by atoms with Gasteiger partial charge in [-0.15, -0.1) is 0 Å². The number of rotatable bonds is 2. The highest BCUT2D eigenvalue weighted by atomic mass is 35.5. The van der Waals surface area contributed by atoms with E-state index in [2.05, 4.69) is 86.3 Å². The lowest BCUT2D eigenvalue weighted by Crippen LogP contribution is -2.32. The molecule has 1 aliphatic heterocycles. The van der Waals surface area contributed by atoms with Crippen LogP contribution >= 0.6 is 46.4 Å². The molecular weight excluding hydrogens is 704 g/mol. The van der Waals surface area contributed by atoms with Crippen molar-refractivity contribution in [1.82, 2.24) is 0 Å². The van der Waals surface area contributed by atoms with Gasteiger partial charge in [-0.3, -0.25) is 9.59 Å². The van der Waals surface area contributed by atoms with E-state index < -0.39 is 11.6 Å². The Bertz CT molecular complexity index is 2410. The van der Waals surface area contributed by atoms with Gasteiger partial charge >= 0.3 is 0 Å². The van der Waals surface area contributed by atoms with Gasteiger partial charge in [0.1, 0.15) is 0 Å². The SMILES string of the molecule is Cc1cc(C)c(N2/C(=C/C=C3C(=O)c4c(Cl)c(Cl)c(Cl)c(Cl)c4C3=O)C3(CCCCC3)c3cc4c5c(cccc5c32)-c2ccccc2-4)c(C)c1. The molecule has 0 amide bonds. The van der Waals surface area contributed by atoms with Crippen molar-refractivity contribution < 1.29 is 9.59 Å². The number of hydrogen-bond donors (Lipinski definition) is 0. The van der Waals surface area contributed by atoms with Crippen LogP contribution in [0.4, 0.5) is 11.4 Å². The molecule has 5 aromatic carbocycles. The molecule has 0 aromatic heterocycles. The molecular formula is C43H31Cl4NO2. The van der Waals surface area contributed by atoms with Gasteiger partial charge in [0, 0.05) is 16.5 Å². The number of ketones is 2. The first-order valence-electron chi connectivity index (χ1n) is 17.0. The zero-order chi connectivity index (χ0) is 34.8. The minimum absolute atomic E-state index is 0.00303. The summed E-state index contributed by atoms with van der Waals surface area (Å²) < 4.78 is 0. The Kier molecular flexibility index (Phi) is 7.26. The zero-order valence-corrected chi connectivity index (χ0v) is 30.8. The number of allylic oxidation sites excluding steroid dienone is 4. The van der Waals surface area contributed by atoms with Crippen molar-refractivity contribution in [1.29, 1.82) is 0 Å². The Labute approximate surface area is 311 Å². The fraction of sp³-hybridized carbons (Fsp3) is 0.209. The highest BCUT2D eigenvalue weighted by Crippen LogP contribution is 2.63. The van der Waals surface area contributed by atoms with Gasteiger partial charge in [-0.2, -0.15) is 0 Å². The number of carbonyl (C=O) groups is 2. The monoisotopic (exact) mass is 733 g/mol. The standard InChI is InChI=1S/C43H31Cl4NO2/c1-21-18-22(2)39(23(3)19-21)48-31(15-14-28-41(49)33-34(42(28)50)36(45)38(47)37(46)35(33)44)43(16-7-4-8-17-43)30-20-29-25-11-6-5-10-24(25)26-12-9-13-27(32(26)29)40(30)48/h5-6,9-15,18-20H,4,7-8,16-17H2,1-3H3/b31-15+. The van der Waals surface area contributed by atoms with E-state index in [-0.39, 0.29) is 42.2 Å². The molecule has 5 aromatic rings. The van der Waals surface area contributed by atoms with Gasteiger partial charge in [0.15, 0.2) is 11.6 Å². The fourth-order valence-electron chi connectivity index (χ4n) is 9.35. The van der Waals surface area contributed by atoms with E-state index in [0.717, 1.165) is 54.6 Å². The maximum absolute atomic E-state index is 13.9. The van der Waals surface area contributed by atoms with Crippen LogP contribution in [-0.2, 0) is 5.41 Å². The van der Waals surface area contributed by atoms with Crippen LogP contribution in [-0.4, -0.2) is 11.6 Å². The third kappa shape index (κ3) is 4.18. The summed E-state index contributed by atoms with van der Waals surface area (Å²) in [6.07, 6.45) is 8.90. The molecule has 1 saturated carbocycles. The van der Waals surface area contributed by atoms with Gasteiger partial charge in [-0.25, -0.2) is 0 Å². The first-order valence-corrected chi connectivity index (χ1v) is 18.5. The molecule has 0 bridgehead atoms. The summed E-state index contributed by atoms with van der Waals surface area (Å²) in [6, 6.07) is 22.3. The second-order valence-electron chi connectivity index (χ2n) is 14.1. The number of fused-ring (bicyclic) bond motifs is 7. The van der Waals surface area contributed by atoms with Crippen molar-refractivity contribution in [3.8, 4) is 22.3 Å². The molecule has 3 nitrogen and oxygen atoms in total. The number of benzene rings is 5. The Morgan fingerprint density at radius 1 is 0.640 bits per heavy atom. The predicted octanol–water partition coefficient (Wildman–Crippen LogP) is 13.3. The summed E-state index contributed by atoms with van der Waals surface area (Å²) in [5, 5.41) is 2.28. The van der Waals surface area contributed by atoms with E-state index in [1.807, 2.05) is 6.08 Å². The van der Waals surface area contributed by atoms with Gasteiger partial charge in [0.2, 0.25) is 0 Å². The normalized spacial score (nSPS) is 17.7. The molecule has 1 fully saturated rings. The predicted molar refractivity (Wildman–Crippen MR) is 207 cm³/mol. The number of anilines is 2. The van der Waals surface area contributed by atoms with Gasteiger partial charge in [0.05, 0.1) is 48.2 Å². The van der Waals surface area contributed by atoms with Crippen molar-refractivity contribution in [2.45, 2.75) is 58.3 Å². The van der Waals surface area contributed by atoms with Crippen molar-refractivity contribution in [3.05, 3.63) is 138 Å². The van der Waals surface area contributed by atoms with E-state index in [0.29, 0.717) is 0 Å². The molecule has 50 heavy (non-hydrogen) atoms. The molecule has 0 atom stereocenters. The fourth-order valence-corrected chi connectivity index (χ4v) is 10.4. The Morgan fingerprint density at radius 2 is 1.22 bits per heavy atom. The first kappa shape index (κ1) is 32.1. The summed E-state index contributed by atoms with van der Waals surface area (Å²) in [7, 11) is 0. The largest absolute Gasteiger partial charge is 0.312 e. The van der Waals surface area contributed by atoms with Gasteiger partial charge < -0.3 is 4.90 Å². The van der Waals surface area contributed by atoms with Crippen molar-refractivity contribution >= 4 is 80.1 Å². The van der Waals surface area contributed by atoms with Crippen LogP contribution in [0.5, 0.6) is 0 Å². The Morgan fingerprint density at radius 3 is 1.84 bits per heavy atom. The average Bonchev–Trinajstić information content (AvgIpc) is 3.66. The smallest absolute Gasteiger partial charge is 0.199 e. The minimum atomic E-state index is -0.502. The van der Waals surface area contributed by atoms with Crippen molar-refractivity contribution in [2.75, 3.05) is 4.90 Å². The zero-order valence-electron chi connectivity index (χ0n) is 27.7. The molecule has 3 aliphatic carbocycles. The van der Waals surface area contributed by atoms with Crippen LogP contribution in [0.1, 0.15) is 75.1 Å². The number of halogens is 4.